The third kappa shape index (κ3) is 5.34. The van der Waals surface area contributed by atoms with Crippen molar-refractivity contribution in [3.63, 3.8) is 0 Å². The number of rotatable bonds is 7. The van der Waals surface area contributed by atoms with Gasteiger partial charge < -0.3 is 15.8 Å². The van der Waals surface area contributed by atoms with Gasteiger partial charge in [-0.2, -0.15) is 0 Å². The lowest BCUT2D eigenvalue weighted by atomic mass is 10.1. The Kier molecular flexibility index (Phi) is 6.77. The van der Waals surface area contributed by atoms with E-state index in [0.29, 0.717) is 19.4 Å². The molecule has 0 spiro atoms. The fourth-order valence-electron chi connectivity index (χ4n) is 2.90. The first kappa shape index (κ1) is 19.5. The zero-order chi connectivity index (χ0) is 19.1. The van der Waals surface area contributed by atoms with E-state index >= 15 is 0 Å². The Hall–Kier alpha value is -2.83. The number of benzene rings is 1. The standard InChI is InChI=1S/C19H25N3O4/c1-13(2)11-15(17(20)23)21-18(24)16-9-6-10-22(16)19(25)26-12-14-7-4-3-5-8-14/h3-5,7-8,15-16H,1,6,9-12H2,2H3,(H2,20,23)(H,21,24)/t15-,16+/m0/s1. The highest BCUT2D eigenvalue weighted by Gasteiger charge is 2.36. The first-order valence-electron chi connectivity index (χ1n) is 8.60. The highest BCUT2D eigenvalue weighted by Crippen LogP contribution is 2.19. The predicted molar refractivity (Wildman–Crippen MR) is 96.9 cm³/mol. The molecule has 1 aliphatic heterocycles. The lowest BCUT2D eigenvalue weighted by Crippen LogP contribution is -2.52. The highest BCUT2D eigenvalue weighted by molar-refractivity contribution is 5.91. The van der Waals surface area contributed by atoms with Gasteiger partial charge in [0.15, 0.2) is 0 Å². The third-order valence-corrected chi connectivity index (χ3v) is 4.21. The van der Waals surface area contributed by atoms with E-state index in [1.807, 2.05) is 30.3 Å². The SMILES string of the molecule is C=C(C)C[C@H](NC(=O)[C@H]1CCCN1C(=O)OCc1ccccc1)C(N)=O. The molecular formula is C19H25N3O4. The monoisotopic (exact) mass is 359 g/mol. The van der Waals surface area contributed by atoms with E-state index in [1.54, 1.807) is 6.92 Å². The van der Waals surface area contributed by atoms with Gasteiger partial charge in [-0.3, -0.25) is 14.5 Å². The minimum atomic E-state index is -0.831. The number of primary amides is 1. The molecule has 1 heterocycles. The number of nitrogens with one attached hydrogen (secondary N) is 1. The normalized spacial score (nSPS) is 17.4. The Labute approximate surface area is 153 Å². The number of hydrogen-bond donors (Lipinski definition) is 2. The minimum Gasteiger partial charge on any atom is -0.445 e. The van der Waals surface area contributed by atoms with Crippen LogP contribution in [-0.2, 0) is 20.9 Å². The highest BCUT2D eigenvalue weighted by atomic mass is 16.6. The van der Waals surface area contributed by atoms with Crippen molar-refractivity contribution in [2.45, 2.75) is 44.9 Å². The molecule has 1 aliphatic rings. The van der Waals surface area contributed by atoms with Gasteiger partial charge in [0, 0.05) is 6.54 Å². The van der Waals surface area contributed by atoms with Crippen LogP contribution < -0.4 is 11.1 Å². The van der Waals surface area contributed by atoms with E-state index in [9.17, 15) is 14.4 Å². The first-order valence-corrected chi connectivity index (χ1v) is 8.60. The molecule has 0 bridgehead atoms. The third-order valence-electron chi connectivity index (χ3n) is 4.21. The second-order valence-electron chi connectivity index (χ2n) is 6.52. The topological polar surface area (TPSA) is 102 Å². The molecule has 0 saturated carbocycles. The number of likely N-dealkylation sites (tertiary alicyclic amines) is 1. The molecule has 2 atom stereocenters. The Morgan fingerprint density at radius 2 is 2.04 bits per heavy atom. The van der Waals surface area contributed by atoms with Crippen LogP contribution in [0.3, 0.4) is 0 Å². The van der Waals surface area contributed by atoms with E-state index in [2.05, 4.69) is 11.9 Å². The summed E-state index contributed by atoms with van der Waals surface area (Å²) in [4.78, 5) is 37.8. The van der Waals surface area contributed by atoms with E-state index in [0.717, 1.165) is 11.1 Å². The van der Waals surface area contributed by atoms with Crippen LogP contribution in [0.25, 0.3) is 0 Å². The predicted octanol–water partition coefficient (Wildman–Crippen LogP) is 1.72. The molecule has 1 aromatic rings. The fraction of sp³-hybridized carbons (Fsp3) is 0.421. The fourth-order valence-corrected chi connectivity index (χ4v) is 2.90. The van der Waals surface area contributed by atoms with Crippen molar-refractivity contribution in [2.24, 2.45) is 5.73 Å². The number of amides is 3. The second kappa shape index (κ2) is 9.03. The maximum atomic E-state index is 12.5. The summed E-state index contributed by atoms with van der Waals surface area (Å²) >= 11 is 0. The Bertz CT molecular complexity index is 675. The maximum Gasteiger partial charge on any atom is 0.410 e. The molecule has 26 heavy (non-hydrogen) atoms. The summed E-state index contributed by atoms with van der Waals surface area (Å²) in [5, 5.41) is 2.62. The van der Waals surface area contributed by atoms with E-state index in [4.69, 9.17) is 10.5 Å². The van der Waals surface area contributed by atoms with Gasteiger partial charge in [0.1, 0.15) is 18.7 Å². The largest absolute Gasteiger partial charge is 0.445 e. The van der Waals surface area contributed by atoms with Crippen LogP contribution in [0.1, 0.15) is 31.7 Å². The molecule has 0 radical (unpaired) electrons. The molecule has 1 fully saturated rings. The van der Waals surface area contributed by atoms with Crippen LogP contribution in [0.2, 0.25) is 0 Å². The zero-order valence-corrected chi connectivity index (χ0v) is 14.9. The van der Waals surface area contributed by atoms with Gasteiger partial charge in [-0.15, -0.1) is 6.58 Å². The van der Waals surface area contributed by atoms with Crippen molar-refractivity contribution in [3.05, 3.63) is 48.0 Å². The van der Waals surface area contributed by atoms with Crippen molar-refractivity contribution >= 4 is 17.9 Å². The molecular weight excluding hydrogens is 334 g/mol. The van der Waals surface area contributed by atoms with Crippen LogP contribution in [0.4, 0.5) is 4.79 Å². The van der Waals surface area contributed by atoms with Crippen LogP contribution in [0.15, 0.2) is 42.5 Å². The number of ether oxygens (including phenoxy) is 1. The lowest BCUT2D eigenvalue weighted by molar-refractivity contribution is -0.129. The molecule has 7 heteroatoms. The molecule has 2 rings (SSSR count). The van der Waals surface area contributed by atoms with E-state index < -0.39 is 30.0 Å². The van der Waals surface area contributed by atoms with Crippen LogP contribution in [0.5, 0.6) is 0 Å². The summed E-state index contributed by atoms with van der Waals surface area (Å²) in [6, 6.07) is 7.83. The molecule has 0 aromatic heterocycles. The molecule has 1 aromatic carbocycles. The van der Waals surface area contributed by atoms with Gasteiger partial charge >= 0.3 is 6.09 Å². The van der Waals surface area contributed by atoms with Crippen molar-refractivity contribution in [1.29, 1.82) is 0 Å². The summed E-state index contributed by atoms with van der Waals surface area (Å²) in [5.74, 6) is -1.03. The Balaban J connectivity index is 1.95. The number of hydrogen-bond acceptors (Lipinski definition) is 4. The number of nitrogens with zero attached hydrogens (tertiary/aromatic N) is 1. The smallest absolute Gasteiger partial charge is 0.410 e. The average molecular weight is 359 g/mol. The quantitative estimate of drug-likeness (QED) is 0.724. The van der Waals surface area contributed by atoms with E-state index in [1.165, 1.54) is 4.90 Å². The Morgan fingerprint density at radius 3 is 2.65 bits per heavy atom. The number of carbonyl (C=O) groups is 3. The van der Waals surface area contributed by atoms with Gasteiger partial charge in [0.25, 0.3) is 0 Å². The van der Waals surface area contributed by atoms with E-state index in [-0.39, 0.29) is 13.0 Å². The molecule has 0 unspecified atom stereocenters. The summed E-state index contributed by atoms with van der Waals surface area (Å²) in [5.41, 5.74) is 6.95. The number of nitrogens with two attached hydrogens (primary N) is 1. The zero-order valence-electron chi connectivity index (χ0n) is 14.9. The van der Waals surface area contributed by atoms with Gasteiger partial charge in [0.2, 0.25) is 11.8 Å². The molecule has 1 saturated heterocycles. The summed E-state index contributed by atoms with van der Waals surface area (Å²) < 4.78 is 5.31. The van der Waals surface area contributed by atoms with Gasteiger partial charge in [-0.25, -0.2) is 4.79 Å². The molecule has 140 valence electrons. The average Bonchev–Trinajstić information content (AvgIpc) is 3.09. The summed E-state index contributed by atoms with van der Waals surface area (Å²) in [6.45, 7) is 6.07. The Morgan fingerprint density at radius 1 is 1.35 bits per heavy atom. The van der Waals surface area contributed by atoms with Crippen molar-refractivity contribution in [3.8, 4) is 0 Å². The summed E-state index contributed by atoms with van der Waals surface area (Å²) in [6.07, 6.45) is 0.944. The molecule has 7 nitrogen and oxygen atoms in total. The molecule has 3 N–H and O–H groups in total. The maximum absolute atomic E-state index is 12.5. The van der Waals surface area contributed by atoms with Crippen molar-refractivity contribution < 1.29 is 19.1 Å². The summed E-state index contributed by atoms with van der Waals surface area (Å²) in [7, 11) is 0. The first-order chi connectivity index (χ1) is 12.4. The van der Waals surface area contributed by atoms with Gasteiger partial charge in [-0.1, -0.05) is 35.9 Å². The van der Waals surface area contributed by atoms with Crippen LogP contribution >= 0.6 is 0 Å². The van der Waals surface area contributed by atoms with Crippen molar-refractivity contribution in [1.82, 2.24) is 10.2 Å². The molecule has 0 aliphatic carbocycles. The van der Waals surface area contributed by atoms with Gasteiger partial charge in [0.05, 0.1) is 0 Å². The van der Waals surface area contributed by atoms with Crippen LogP contribution in [-0.4, -0.2) is 41.4 Å². The molecule has 3 amide bonds. The minimum absolute atomic E-state index is 0.143. The van der Waals surface area contributed by atoms with Crippen LogP contribution in [0, 0.1) is 0 Å². The van der Waals surface area contributed by atoms with Crippen molar-refractivity contribution in [2.75, 3.05) is 6.54 Å². The number of carbonyl (C=O) groups excluding carboxylic acids is 3. The second-order valence-corrected chi connectivity index (χ2v) is 6.52. The lowest BCUT2D eigenvalue weighted by Gasteiger charge is -2.25. The van der Waals surface area contributed by atoms with Gasteiger partial charge in [-0.05, 0) is 31.7 Å².